The second-order valence-corrected chi connectivity index (χ2v) is 4.65. The third kappa shape index (κ3) is 2.01. The summed E-state index contributed by atoms with van der Waals surface area (Å²) in [6, 6.07) is 0. The lowest BCUT2D eigenvalue weighted by atomic mass is 9.78. The molecule has 1 aliphatic carbocycles. The van der Waals surface area contributed by atoms with Gasteiger partial charge in [-0.3, -0.25) is 0 Å². The zero-order valence-corrected chi connectivity index (χ0v) is 10.2. The van der Waals surface area contributed by atoms with Crippen LogP contribution in [0.2, 0.25) is 0 Å². The minimum atomic E-state index is 0.102. The van der Waals surface area contributed by atoms with Crippen molar-refractivity contribution in [2.75, 3.05) is 0 Å². The fourth-order valence-corrected chi connectivity index (χ4v) is 2.82. The first-order valence-electron chi connectivity index (χ1n) is 5.98. The molecule has 1 fully saturated rings. The normalized spacial score (nSPS) is 32.4. The summed E-state index contributed by atoms with van der Waals surface area (Å²) in [6.07, 6.45) is 4.31. The van der Waals surface area contributed by atoms with Crippen LogP contribution in [0.1, 0.15) is 39.5 Å². The Labute approximate surface area is 100 Å². The Morgan fingerprint density at radius 1 is 1.29 bits per heavy atom. The lowest BCUT2D eigenvalue weighted by Gasteiger charge is -2.37. The predicted octanol–water partition coefficient (Wildman–Crippen LogP) is 2.53. The summed E-state index contributed by atoms with van der Waals surface area (Å²) in [5.41, 5.74) is 1.67. The smallest absolute Gasteiger partial charge is 0.107 e. The first kappa shape index (κ1) is 12.0. The number of rotatable bonds is 1. The molecule has 2 rings (SSSR count). The minimum absolute atomic E-state index is 0.102. The Hall–Kier alpha value is -1.52. The Morgan fingerprint density at radius 3 is 2.65 bits per heavy atom. The fraction of sp³-hybridized carbons (Fsp3) is 0.667. The van der Waals surface area contributed by atoms with E-state index >= 15 is 0 Å². The standard InChI is InChI=1S/C12H18N2O3/c1-7(13-15)11-8(2)17-10-6-4-3-5-9(10)12(11)14-16/h9-10,15-16H,3-6H2,1-2H3/b13-7+,14-12+. The van der Waals surface area contributed by atoms with Gasteiger partial charge in [-0.15, -0.1) is 0 Å². The van der Waals surface area contributed by atoms with E-state index in [4.69, 9.17) is 9.94 Å². The van der Waals surface area contributed by atoms with Crippen LogP contribution in [0, 0.1) is 5.92 Å². The number of fused-ring (bicyclic) bond motifs is 1. The monoisotopic (exact) mass is 238 g/mol. The van der Waals surface area contributed by atoms with Gasteiger partial charge in [-0.2, -0.15) is 0 Å². The molecule has 94 valence electrons. The highest BCUT2D eigenvalue weighted by Crippen LogP contribution is 2.36. The van der Waals surface area contributed by atoms with Gasteiger partial charge in [0.2, 0.25) is 0 Å². The minimum Gasteiger partial charge on any atom is -0.494 e. The highest BCUT2D eigenvalue weighted by molar-refractivity contribution is 6.24. The zero-order valence-electron chi connectivity index (χ0n) is 10.2. The largest absolute Gasteiger partial charge is 0.494 e. The lowest BCUT2D eigenvalue weighted by molar-refractivity contribution is 0.0511. The third-order valence-corrected chi connectivity index (χ3v) is 3.61. The first-order chi connectivity index (χ1) is 8.19. The average Bonchev–Trinajstić information content (AvgIpc) is 2.36. The molecule has 17 heavy (non-hydrogen) atoms. The molecule has 0 amide bonds. The maximum Gasteiger partial charge on any atom is 0.107 e. The van der Waals surface area contributed by atoms with Crippen LogP contribution in [0.25, 0.3) is 0 Å². The Balaban J connectivity index is 2.42. The van der Waals surface area contributed by atoms with Crippen molar-refractivity contribution < 1.29 is 15.2 Å². The van der Waals surface area contributed by atoms with Crippen LogP contribution in [-0.2, 0) is 4.74 Å². The predicted molar refractivity (Wildman–Crippen MR) is 63.6 cm³/mol. The van der Waals surface area contributed by atoms with E-state index in [0.717, 1.165) is 25.7 Å². The number of nitrogens with zero attached hydrogens (tertiary/aromatic N) is 2. The SMILES string of the molecule is CC1=C(/C(C)=N/O)/C(=N/O)C2CCCCC2O1. The summed E-state index contributed by atoms with van der Waals surface area (Å²) >= 11 is 0. The summed E-state index contributed by atoms with van der Waals surface area (Å²) in [5.74, 6) is 0.792. The van der Waals surface area contributed by atoms with Gasteiger partial charge in [-0.1, -0.05) is 16.7 Å². The van der Waals surface area contributed by atoms with Gasteiger partial charge in [0.15, 0.2) is 0 Å². The maximum atomic E-state index is 9.22. The van der Waals surface area contributed by atoms with E-state index in [2.05, 4.69) is 10.3 Å². The van der Waals surface area contributed by atoms with Gasteiger partial charge in [0.25, 0.3) is 0 Å². The summed E-state index contributed by atoms with van der Waals surface area (Å²) < 4.78 is 5.85. The van der Waals surface area contributed by atoms with E-state index in [-0.39, 0.29) is 12.0 Å². The molecule has 0 aromatic heterocycles. The molecule has 0 aromatic rings. The lowest BCUT2D eigenvalue weighted by Crippen LogP contribution is -2.40. The molecule has 1 heterocycles. The Morgan fingerprint density at radius 2 is 2.00 bits per heavy atom. The van der Waals surface area contributed by atoms with Gasteiger partial charge in [-0.05, 0) is 33.1 Å². The summed E-state index contributed by atoms with van der Waals surface area (Å²) in [4.78, 5) is 0. The van der Waals surface area contributed by atoms with Crippen molar-refractivity contribution in [2.45, 2.75) is 45.6 Å². The number of oxime groups is 2. The van der Waals surface area contributed by atoms with Crippen molar-refractivity contribution in [3.63, 3.8) is 0 Å². The summed E-state index contributed by atoms with van der Waals surface area (Å²) in [6.45, 7) is 3.50. The van der Waals surface area contributed by atoms with E-state index in [1.807, 2.05) is 6.92 Å². The molecular formula is C12H18N2O3. The molecule has 2 aliphatic rings. The molecule has 0 bridgehead atoms. The van der Waals surface area contributed by atoms with Crippen molar-refractivity contribution >= 4 is 11.4 Å². The van der Waals surface area contributed by atoms with Crippen LogP contribution in [-0.4, -0.2) is 27.9 Å². The quantitative estimate of drug-likeness (QED) is 0.419. The molecule has 0 aromatic carbocycles. The van der Waals surface area contributed by atoms with E-state index in [0.29, 0.717) is 22.8 Å². The molecule has 0 radical (unpaired) electrons. The van der Waals surface area contributed by atoms with Gasteiger partial charge < -0.3 is 15.2 Å². The highest BCUT2D eigenvalue weighted by atomic mass is 16.5. The number of ether oxygens (including phenoxy) is 1. The number of hydrogen-bond acceptors (Lipinski definition) is 5. The van der Waals surface area contributed by atoms with Gasteiger partial charge in [0.05, 0.1) is 17.0 Å². The van der Waals surface area contributed by atoms with Crippen LogP contribution in [0.5, 0.6) is 0 Å². The van der Waals surface area contributed by atoms with Gasteiger partial charge >= 0.3 is 0 Å². The number of hydrogen-bond donors (Lipinski definition) is 2. The maximum absolute atomic E-state index is 9.22. The second kappa shape index (κ2) is 4.77. The fourth-order valence-electron chi connectivity index (χ4n) is 2.82. The van der Waals surface area contributed by atoms with Crippen LogP contribution in [0.3, 0.4) is 0 Å². The molecule has 2 atom stereocenters. The van der Waals surface area contributed by atoms with Crippen LogP contribution < -0.4 is 0 Å². The zero-order chi connectivity index (χ0) is 12.4. The molecule has 0 spiro atoms. The summed E-state index contributed by atoms with van der Waals surface area (Å²) in [5, 5.41) is 24.7. The van der Waals surface area contributed by atoms with Gasteiger partial charge in [0, 0.05) is 5.92 Å². The molecule has 1 aliphatic heterocycles. The molecular weight excluding hydrogens is 220 g/mol. The second-order valence-electron chi connectivity index (χ2n) is 4.65. The van der Waals surface area contributed by atoms with Crippen molar-refractivity contribution in [3.05, 3.63) is 11.3 Å². The van der Waals surface area contributed by atoms with Gasteiger partial charge in [0.1, 0.15) is 11.9 Å². The number of allylic oxidation sites excluding steroid dienone is 2. The molecule has 2 N–H and O–H groups in total. The van der Waals surface area contributed by atoms with Crippen molar-refractivity contribution in [1.29, 1.82) is 0 Å². The van der Waals surface area contributed by atoms with E-state index in [1.165, 1.54) is 0 Å². The Kier molecular flexibility index (Phi) is 3.36. The van der Waals surface area contributed by atoms with Crippen LogP contribution in [0.4, 0.5) is 0 Å². The van der Waals surface area contributed by atoms with E-state index in [1.54, 1.807) is 6.92 Å². The molecule has 1 saturated carbocycles. The molecule has 5 nitrogen and oxygen atoms in total. The molecule has 2 unspecified atom stereocenters. The average molecular weight is 238 g/mol. The first-order valence-corrected chi connectivity index (χ1v) is 5.98. The van der Waals surface area contributed by atoms with Crippen molar-refractivity contribution in [3.8, 4) is 0 Å². The third-order valence-electron chi connectivity index (χ3n) is 3.61. The molecule has 0 saturated heterocycles. The topological polar surface area (TPSA) is 74.4 Å². The van der Waals surface area contributed by atoms with Crippen molar-refractivity contribution in [2.24, 2.45) is 16.2 Å². The van der Waals surface area contributed by atoms with Crippen LogP contribution in [0.15, 0.2) is 21.6 Å². The molecule has 5 heteroatoms. The Bertz CT molecular complexity index is 399. The van der Waals surface area contributed by atoms with E-state index in [9.17, 15) is 5.21 Å². The highest BCUT2D eigenvalue weighted by Gasteiger charge is 2.38. The van der Waals surface area contributed by atoms with Gasteiger partial charge in [-0.25, -0.2) is 0 Å². The summed E-state index contributed by atoms with van der Waals surface area (Å²) in [7, 11) is 0. The van der Waals surface area contributed by atoms with Crippen LogP contribution >= 0.6 is 0 Å². The van der Waals surface area contributed by atoms with Crippen molar-refractivity contribution in [1.82, 2.24) is 0 Å². The van der Waals surface area contributed by atoms with E-state index < -0.39 is 0 Å².